The average molecular weight is 793 g/mol. The van der Waals surface area contributed by atoms with Gasteiger partial charge in [-0.05, 0) is 88.6 Å². The molecule has 0 aliphatic heterocycles. The van der Waals surface area contributed by atoms with Crippen molar-refractivity contribution in [3.8, 4) is 39.9 Å². The van der Waals surface area contributed by atoms with E-state index in [1.165, 1.54) is 5.39 Å². The number of fused-ring (bicyclic) bond motifs is 8. The Labute approximate surface area is 357 Å². The molecule has 6 heteroatoms. The Hall–Kier alpha value is -8.48. The first kappa shape index (κ1) is 35.5. The predicted molar refractivity (Wildman–Crippen MR) is 255 cm³/mol. The van der Waals surface area contributed by atoms with E-state index in [9.17, 15) is 0 Å². The Morgan fingerprint density at radius 2 is 0.919 bits per heavy atom. The van der Waals surface area contributed by atoms with Crippen LogP contribution in [-0.4, -0.2) is 24.5 Å². The fraction of sp³-hybridized carbons (Fsp3) is 0. The van der Waals surface area contributed by atoms with Crippen molar-refractivity contribution in [3.63, 3.8) is 0 Å². The summed E-state index contributed by atoms with van der Waals surface area (Å²) in [6.07, 6.45) is 2.06. The summed E-state index contributed by atoms with van der Waals surface area (Å²) in [4.78, 5) is 22.7. The number of para-hydroxylation sites is 4. The van der Waals surface area contributed by atoms with Gasteiger partial charge in [0.1, 0.15) is 0 Å². The number of hydrogen-bond donors (Lipinski definition) is 0. The Morgan fingerprint density at radius 1 is 0.371 bits per heavy atom. The molecule has 290 valence electrons. The van der Waals surface area contributed by atoms with Crippen molar-refractivity contribution in [1.82, 2.24) is 24.5 Å². The maximum atomic E-state index is 5.19. The topological polar surface area (TPSA) is 59.7 Å². The average Bonchev–Trinajstić information content (AvgIpc) is 3.67. The van der Waals surface area contributed by atoms with E-state index >= 15 is 0 Å². The van der Waals surface area contributed by atoms with Crippen LogP contribution in [-0.2, 0) is 0 Å². The lowest BCUT2D eigenvalue weighted by atomic mass is 9.91. The van der Waals surface area contributed by atoms with Gasteiger partial charge in [0.15, 0.2) is 11.6 Å². The lowest BCUT2D eigenvalue weighted by molar-refractivity contribution is 0.954. The molecule has 0 aliphatic rings. The molecule has 0 aliphatic carbocycles. The molecule has 3 heterocycles. The number of hydrogen-bond acceptors (Lipinski definition) is 5. The first-order valence-electron chi connectivity index (χ1n) is 20.8. The van der Waals surface area contributed by atoms with Crippen LogP contribution < -0.4 is 4.90 Å². The highest BCUT2D eigenvalue weighted by Crippen LogP contribution is 2.43. The highest BCUT2D eigenvalue weighted by atomic mass is 15.2. The zero-order chi connectivity index (χ0) is 41.0. The Balaban J connectivity index is 1.11. The molecule has 0 spiro atoms. The van der Waals surface area contributed by atoms with Crippen molar-refractivity contribution in [1.29, 1.82) is 0 Å². The van der Waals surface area contributed by atoms with E-state index in [4.69, 9.17) is 19.9 Å². The number of anilines is 3. The molecule has 0 saturated heterocycles. The van der Waals surface area contributed by atoms with E-state index < -0.39 is 0 Å². The first-order chi connectivity index (χ1) is 30.7. The van der Waals surface area contributed by atoms with Crippen LogP contribution >= 0.6 is 0 Å². The van der Waals surface area contributed by atoms with E-state index in [1.807, 2.05) is 60.7 Å². The van der Waals surface area contributed by atoms with Crippen molar-refractivity contribution in [3.05, 3.63) is 219 Å². The highest BCUT2D eigenvalue weighted by molar-refractivity contribution is 6.25. The summed E-state index contributed by atoms with van der Waals surface area (Å²) < 4.78 is 2.20. The number of benzene rings is 9. The van der Waals surface area contributed by atoms with Gasteiger partial charge in [-0.2, -0.15) is 9.97 Å². The molecule has 3 aromatic heterocycles. The fourth-order valence-electron chi connectivity index (χ4n) is 8.98. The molecule has 62 heavy (non-hydrogen) atoms. The zero-order valence-corrected chi connectivity index (χ0v) is 33.5. The molecule has 0 N–H and O–H groups in total. The summed E-state index contributed by atoms with van der Waals surface area (Å²) in [6.45, 7) is 0. The van der Waals surface area contributed by atoms with Gasteiger partial charge in [-0.15, -0.1) is 0 Å². The normalized spacial score (nSPS) is 11.5. The quantitative estimate of drug-likeness (QED) is 0.150. The second-order valence-electron chi connectivity index (χ2n) is 15.5. The molecule has 0 radical (unpaired) electrons. The minimum atomic E-state index is 0.564. The van der Waals surface area contributed by atoms with Gasteiger partial charge in [-0.25, -0.2) is 4.98 Å². The lowest BCUT2D eigenvalue weighted by Gasteiger charge is -2.25. The largest absolute Gasteiger partial charge is 0.311 e. The van der Waals surface area contributed by atoms with E-state index in [0.29, 0.717) is 17.6 Å². The molecule has 0 saturated carbocycles. The summed E-state index contributed by atoms with van der Waals surface area (Å²) in [5.41, 5.74) is 10.4. The summed E-state index contributed by atoms with van der Waals surface area (Å²) in [5.74, 6) is 1.80. The van der Waals surface area contributed by atoms with Crippen LogP contribution in [0.15, 0.2) is 219 Å². The van der Waals surface area contributed by atoms with Crippen LogP contribution in [0.2, 0.25) is 0 Å². The molecule has 0 bridgehead atoms. The predicted octanol–water partition coefficient (Wildman–Crippen LogP) is 14.3. The van der Waals surface area contributed by atoms with Crippen LogP contribution in [0.5, 0.6) is 0 Å². The van der Waals surface area contributed by atoms with E-state index in [1.54, 1.807) is 0 Å². The third-order valence-electron chi connectivity index (χ3n) is 11.8. The third-order valence-corrected chi connectivity index (χ3v) is 11.8. The maximum Gasteiger partial charge on any atom is 0.238 e. The van der Waals surface area contributed by atoms with Crippen molar-refractivity contribution >= 4 is 71.3 Å². The second-order valence-corrected chi connectivity index (χ2v) is 15.5. The maximum absolute atomic E-state index is 5.19. The summed E-state index contributed by atoms with van der Waals surface area (Å²) in [7, 11) is 0. The molecule has 12 rings (SSSR count). The SMILES string of the molecule is c1ccc(-c2nc(-c3ccccc3)nc(-n3c4ccccc4c4cc5c(cc(-c6ccc(N(c7ccccc7)c7ccccc7)cc6)c6c7ccccc7ncc56)cc43)n2)cc1. The van der Waals surface area contributed by atoms with Gasteiger partial charge in [0.2, 0.25) is 5.95 Å². The lowest BCUT2D eigenvalue weighted by Crippen LogP contribution is -2.09. The van der Waals surface area contributed by atoms with Crippen LogP contribution in [0.3, 0.4) is 0 Å². The van der Waals surface area contributed by atoms with Crippen molar-refractivity contribution in [2.24, 2.45) is 0 Å². The molecular formula is C56H36N6. The molecule has 0 unspecified atom stereocenters. The zero-order valence-electron chi connectivity index (χ0n) is 33.5. The van der Waals surface area contributed by atoms with Gasteiger partial charge in [0, 0.05) is 61.3 Å². The van der Waals surface area contributed by atoms with Gasteiger partial charge < -0.3 is 4.90 Å². The first-order valence-corrected chi connectivity index (χ1v) is 20.8. The van der Waals surface area contributed by atoms with Gasteiger partial charge in [-0.3, -0.25) is 9.55 Å². The third kappa shape index (κ3) is 5.96. The van der Waals surface area contributed by atoms with Gasteiger partial charge in [0.25, 0.3) is 0 Å². The monoisotopic (exact) mass is 792 g/mol. The van der Waals surface area contributed by atoms with Crippen LogP contribution in [0.1, 0.15) is 0 Å². The second kappa shape index (κ2) is 14.7. The fourth-order valence-corrected chi connectivity index (χ4v) is 8.98. The van der Waals surface area contributed by atoms with Crippen molar-refractivity contribution < 1.29 is 0 Å². The van der Waals surface area contributed by atoms with Crippen LogP contribution in [0.25, 0.3) is 94.1 Å². The summed E-state index contributed by atoms with van der Waals surface area (Å²) in [6, 6.07) is 74.3. The standard InChI is InChI=1S/C56H36N6/c1-5-17-38(18-6-1)54-58-55(39-19-7-2-8-20-39)60-56(59-54)62-51-28-16-14-25-44(51)48-35-46-40(34-52(48)62)33-47(53-45-26-13-15-27-50(45)57-36-49(46)53)37-29-31-43(32-30-37)61(41-21-9-3-10-22-41)42-23-11-4-12-24-42/h1-36H. The van der Waals surface area contributed by atoms with E-state index in [2.05, 4.69) is 167 Å². The number of pyridine rings is 1. The van der Waals surface area contributed by atoms with Crippen molar-refractivity contribution in [2.45, 2.75) is 0 Å². The molecule has 0 fully saturated rings. The van der Waals surface area contributed by atoms with Crippen LogP contribution in [0.4, 0.5) is 17.1 Å². The van der Waals surface area contributed by atoms with Crippen molar-refractivity contribution in [2.75, 3.05) is 4.90 Å². The Morgan fingerprint density at radius 3 is 1.56 bits per heavy atom. The molecule has 0 amide bonds. The van der Waals surface area contributed by atoms with E-state index in [-0.39, 0.29) is 0 Å². The minimum absolute atomic E-state index is 0.564. The minimum Gasteiger partial charge on any atom is -0.311 e. The number of rotatable bonds is 7. The van der Waals surface area contributed by atoms with Crippen LogP contribution in [0, 0.1) is 0 Å². The van der Waals surface area contributed by atoms with E-state index in [0.717, 1.165) is 88.2 Å². The smallest absolute Gasteiger partial charge is 0.238 e. The number of aromatic nitrogens is 5. The Bertz CT molecular complexity index is 3510. The number of nitrogens with zero attached hydrogens (tertiary/aromatic N) is 6. The molecular weight excluding hydrogens is 757 g/mol. The molecule has 9 aromatic carbocycles. The summed E-state index contributed by atoms with van der Waals surface area (Å²) >= 11 is 0. The van der Waals surface area contributed by atoms with Gasteiger partial charge >= 0.3 is 0 Å². The van der Waals surface area contributed by atoms with Gasteiger partial charge in [-0.1, -0.05) is 146 Å². The Kier molecular flexibility index (Phi) is 8.38. The highest BCUT2D eigenvalue weighted by Gasteiger charge is 2.21. The molecule has 0 atom stereocenters. The molecule has 6 nitrogen and oxygen atoms in total. The van der Waals surface area contributed by atoms with Gasteiger partial charge in [0.05, 0.1) is 16.6 Å². The summed E-state index contributed by atoms with van der Waals surface area (Å²) in [5, 5.41) is 7.88. The molecule has 12 aromatic rings.